The number of hydrogen-bond donors (Lipinski definition) is 2. The van der Waals surface area contributed by atoms with E-state index >= 15 is 0 Å². The lowest BCUT2D eigenvalue weighted by Gasteiger charge is -2.50. The van der Waals surface area contributed by atoms with Crippen molar-refractivity contribution in [3.8, 4) is 5.75 Å². The molecule has 0 radical (unpaired) electrons. The van der Waals surface area contributed by atoms with Gasteiger partial charge in [0.05, 0.1) is 18.4 Å². The Hall–Kier alpha value is -3.59. The van der Waals surface area contributed by atoms with Crippen LogP contribution in [-0.4, -0.2) is 62.0 Å². The molecule has 6 unspecified atom stereocenters. The largest absolute Gasteiger partial charge is 0.491 e. The Bertz CT molecular complexity index is 1660. The van der Waals surface area contributed by atoms with E-state index in [4.69, 9.17) is 33.0 Å². The van der Waals surface area contributed by atoms with Gasteiger partial charge in [-0.15, -0.1) is 23.2 Å². The zero-order valence-corrected chi connectivity index (χ0v) is 23.5. The molecule has 2 aromatic carbocycles. The second-order valence-electron chi connectivity index (χ2n) is 10.8. The van der Waals surface area contributed by atoms with E-state index in [0.29, 0.717) is 0 Å². The summed E-state index contributed by atoms with van der Waals surface area (Å²) < 4.78 is 77.7. The molecule has 232 valence electrons. The number of carbonyl (C=O) groups excluding carboxylic acids is 4. The number of ether oxygens (including phenoxy) is 1. The van der Waals surface area contributed by atoms with Gasteiger partial charge in [-0.05, 0) is 36.5 Å². The monoisotopic (exact) mass is 660 g/mol. The quantitative estimate of drug-likeness (QED) is 0.0953. The van der Waals surface area contributed by atoms with Gasteiger partial charge >= 0.3 is 0 Å². The Kier molecular flexibility index (Phi) is 7.07. The zero-order chi connectivity index (χ0) is 32.0. The molecule has 1 saturated carbocycles. The van der Waals surface area contributed by atoms with E-state index in [1.165, 1.54) is 30.3 Å². The Morgan fingerprint density at radius 1 is 0.864 bits per heavy atom. The van der Waals surface area contributed by atoms with Crippen molar-refractivity contribution in [1.82, 2.24) is 5.06 Å². The van der Waals surface area contributed by atoms with Crippen molar-refractivity contribution in [2.24, 2.45) is 17.8 Å². The predicted octanol–water partition coefficient (Wildman–Crippen LogP) is 3.71. The standard InChI is InChI=1S/C28H19Cl2F5N2O7/c29-27-9-14-12(5-6-13-15(14)24(40)37(43)23(13)39)16(10-1-3-11(4-2-10)44-8-7-38)28(27,30)26(42)36(25(27)41)22-20(34)18(32)17(31)19(33)21(22)35/h1-5,13-16,38,43H,6-9H2. The lowest BCUT2D eigenvalue weighted by Crippen LogP contribution is -2.60. The number of aliphatic hydroxyl groups excluding tert-OH is 1. The van der Waals surface area contributed by atoms with Crippen LogP contribution in [0.25, 0.3) is 0 Å². The number of allylic oxidation sites excluding steroid dienone is 2. The van der Waals surface area contributed by atoms with E-state index in [9.17, 15) is 46.3 Å². The maximum atomic E-state index is 15.0. The molecule has 44 heavy (non-hydrogen) atoms. The van der Waals surface area contributed by atoms with Gasteiger partial charge in [0.15, 0.2) is 33.0 Å². The van der Waals surface area contributed by atoms with Gasteiger partial charge in [-0.25, -0.2) is 26.9 Å². The normalized spacial score (nSPS) is 31.2. The number of benzene rings is 2. The molecule has 16 heteroatoms. The van der Waals surface area contributed by atoms with Crippen LogP contribution in [0.4, 0.5) is 27.6 Å². The number of carbonyl (C=O) groups is 4. The third-order valence-corrected chi connectivity index (χ3v) is 10.2. The number of halogens is 7. The molecule has 0 aromatic heterocycles. The van der Waals surface area contributed by atoms with Crippen molar-refractivity contribution in [2.45, 2.75) is 28.5 Å². The highest BCUT2D eigenvalue weighted by molar-refractivity contribution is 6.58. The van der Waals surface area contributed by atoms with Crippen LogP contribution in [0.3, 0.4) is 0 Å². The van der Waals surface area contributed by atoms with Crippen molar-refractivity contribution in [1.29, 1.82) is 0 Å². The average molecular weight is 661 g/mol. The predicted molar refractivity (Wildman–Crippen MR) is 139 cm³/mol. The molecule has 3 fully saturated rings. The van der Waals surface area contributed by atoms with Crippen molar-refractivity contribution in [3.63, 3.8) is 0 Å². The third-order valence-electron chi connectivity index (χ3n) is 8.77. The molecule has 0 bridgehead atoms. The number of hydrogen-bond acceptors (Lipinski definition) is 7. The molecule has 2 aliphatic carbocycles. The highest BCUT2D eigenvalue weighted by Crippen LogP contribution is 2.66. The molecule has 9 nitrogen and oxygen atoms in total. The van der Waals surface area contributed by atoms with Gasteiger partial charge < -0.3 is 9.84 Å². The van der Waals surface area contributed by atoms with Gasteiger partial charge in [0.25, 0.3) is 23.6 Å². The number of alkyl halides is 2. The lowest BCUT2D eigenvalue weighted by atomic mass is 9.56. The lowest BCUT2D eigenvalue weighted by molar-refractivity contribution is -0.173. The number of rotatable bonds is 5. The molecule has 2 N–H and O–H groups in total. The Labute approximate surface area is 254 Å². The van der Waals surface area contributed by atoms with Crippen molar-refractivity contribution >= 4 is 52.5 Å². The average Bonchev–Trinajstić information content (AvgIpc) is 3.32. The molecular weight excluding hydrogens is 642 g/mol. The first kappa shape index (κ1) is 30.4. The minimum Gasteiger partial charge on any atom is -0.491 e. The number of fused-ring (bicyclic) bond motifs is 4. The summed E-state index contributed by atoms with van der Waals surface area (Å²) in [6.45, 7) is -0.374. The van der Waals surface area contributed by atoms with Crippen molar-refractivity contribution in [2.75, 3.05) is 18.1 Å². The minimum atomic E-state index is -2.65. The molecule has 2 aromatic rings. The van der Waals surface area contributed by atoms with Crippen LogP contribution in [0.15, 0.2) is 35.9 Å². The van der Waals surface area contributed by atoms with Crippen LogP contribution in [0.1, 0.15) is 24.3 Å². The fourth-order valence-corrected chi connectivity index (χ4v) is 7.78. The second kappa shape index (κ2) is 10.2. The van der Waals surface area contributed by atoms with E-state index < -0.39 is 98.2 Å². The van der Waals surface area contributed by atoms with Gasteiger partial charge in [-0.1, -0.05) is 23.8 Å². The fraction of sp³-hybridized carbons (Fsp3) is 0.357. The maximum Gasteiger partial charge on any atom is 0.258 e. The van der Waals surface area contributed by atoms with Gasteiger partial charge in [-0.3, -0.25) is 24.4 Å². The maximum absolute atomic E-state index is 15.0. The number of amides is 4. The van der Waals surface area contributed by atoms with Gasteiger partial charge in [0.2, 0.25) is 5.82 Å². The number of anilines is 1. The molecule has 6 rings (SSSR count). The number of aliphatic hydroxyl groups is 1. The van der Waals surface area contributed by atoms with Crippen LogP contribution in [0.2, 0.25) is 0 Å². The molecular formula is C28H19Cl2F5N2O7. The van der Waals surface area contributed by atoms with E-state index in [1.54, 1.807) is 0 Å². The van der Waals surface area contributed by atoms with E-state index in [1.807, 2.05) is 0 Å². The van der Waals surface area contributed by atoms with Gasteiger partial charge in [0, 0.05) is 5.92 Å². The molecule has 0 spiro atoms. The first-order valence-corrected chi connectivity index (χ1v) is 13.9. The highest BCUT2D eigenvalue weighted by Gasteiger charge is 2.77. The molecule has 2 aliphatic heterocycles. The second-order valence-corrected chi connectivity index (χ2v) is 12.1. The number of nitrogens with zero attached hydrogens (tertiary/aromatic N) is 2. The number of hydroxylamine groups is 2. The fourth-order valence-electron chi connectivity index (χ4n) is 6.84. The Morgan fingerprint density at radius 2 is 1.45 bits per heavy atom. The zero-order valence-electron chi connectivity index (χ0n) is 22.0. The SMILES string of the molecule is O=C1C2CC=C3C(CC4(Cl)C(=O)N(c5c(F)c(F)c(F)c(F)c5F)C(=O)C4(Cl)C3c3ccc(OCCO)cc3)C2C(=O)N1O. The van der Waals surface area contributed by atoms with Crippen LogP contribution in [0.5, 0.6) is 5.75 Å². The van der Waals surface area contributed by atoms with Crippen LogP contribution in [-0.2, 0) is 19.2 Å². The number of imide groups is 2. The summed E-state index contributed by atoms with van der Waals surface area (Å²) in [4.78, 5) is 48.1. The summed E-state index contributed by atoms with van der Waals surface area (Å²) in [5, 5.41) is 19.1. The first-order chi connectivity index (χ1) is 20.7. The third kappa shape index (κ3) is 3.77. The van der Waals surface area contributed by atoms with Crippen LogP contribution >= 0.6 is 23.2 Å². The summed E-state index contributed by atoms with van der Waals surface area (Å²) in [7, 11) is 0. The van der Waals surface area contributed by atoms with E-state index in [-0.39, 0.29) is 46.5 Å². The highest BCUT2D eigenvalue weighted by atomic mass is 35.5. The summed E-state index contributed by atoms with van der Waals surface area (Å²) in [6.07, 6.45) is 0.719. The molecule has 4 amide bonds. The summed E-state index contributed by atoms with van der Waals surface area (Å²) in [5.41, 5.74) is -1.46. The van der Waals surface area contributed by atoms with Crippen molar-refractivity contribution in [3.05, 3.63) is 70.6 Å². The topological polar surface area (TPSA) is 124 Å². The Balaban J connectivity index is 1.57. The van der Waals surface area contributed by atoms with Gasteiger partial charge in [-0.2, -0.15) is 5.06 Å². The Morgan fingerprint density at radius 3 is 2.05 bits per heavy atom. The van der Waals surface area contributed by atoms with E-state index in [0.717, 1.165) is 0 Å². The summed E-state index contributed by atoms with van der Waals surface area (Å²) >= 11 is 13.9. The molecule has 2 saturated heterocycles. The van der Waals surface area contributed by atoms with Gasteiger partial charge in [0.1, 0.15) is 18.0 Å². The smallest absolute Gasteiger partial charge is 0.258 e. The van der Waals surface area contributed by atoms with E-state index in [2.05, 4.69) is 0 Å². The first-order valence-electron chi connectivity index (χ1n) is 13.1. The summed E-state index contributed by atoms with van der Waals surface area (Å²) in [5.74, 6) is -22.1. The molecule has 6 atom stereocenters. The molecule has 2 heterocycles. The minimum absolute atomic E-state index is 0.0549. The van der Waals surface area contributed by atoms with Crippen LogP contribution < -0.4 is 9.64 Å². The molecule has 4 aliphatic rings. The van der Waals surface area contributed by atoms with Crippen LogP contribution in [0, 0.1) is 46.8 Å². The summed E-state index contributed by atoms with van der Waals surface area (Å²) in [6, 6.07) is 5.65. The van der Waals surface area contributed by atoms with Crippen molar-refractivity contribution < 1.29 is 56.2 Å².